The Balaban J connectivity index is 2.18. The average molecular weight is 351 g/mol. The summed E-state index contributed by atoms with van der Waals surface area (Å²) in [6, 6.07) is 4.05. The average Bonchev–Trinajstić information content (AvgIpc) is 2.34. The highest BCUT2D eigenvalue weighted by atomic mass is 79.9. The lowest BCUT2D eigenvalue weighted by Crippen LogP contribution is -2.44. The quantitative estimate of drug-likeness (QED) is 0.910. The molecule has 1 aromatic rings. The lowest BCUT2D eigenvalue weighted by molar-refractivity contribution is 0.270. The van der Waals surface area contributed by atoms with Crippen molar-refractivity contribution in [2.45, 2.75) is 32.2 Å². The van der Waals surface area contributed by atoms with Gasteiger partial charge in [-0.15, -0.1) is 0 Å². The van der Waals surface area contributed by atoms with E-state index in [0.29, 0.717) is 12.2 Å². The zero-order valence-corrected chi connectivity index (χ0v) is 13.0. The molecular weight excluding hydrogens is 335 g/mol. The molecule has 0 radical (unpaired) electrons. The molecule has 1 saturated heterocycles. The van der Waals surface area contributed by atoms with Crippen LogP contribution in [0, 0.1) is 5.82 Å². The third kappa shape index (κ3) is 3.46. The Morgan fingerprint density at radius 2 is 2.16 bits per heavy atom. The monoisotopic (exact) mass is 350 g/mol. The Hall–Kier alpha value is -0.660. The highest BCUT2D eigenvalue weighted by Crippen LogP contribution is 2.24. The molecule has 2 rings (SSSR count). The molecule has 0 aliphatic carbocycles. The summed E-state index contributed by atoms with van der Waals surface area (Å²) >= 11 is 3.04. The van der Waals surface area contributed by atoms with Crippen molar-refractivity contribution < 1.29 is 12.8 Å². The van der Waals surface area contributed by atoms with E-state index in [2.05, 4.69) is 20.7 Å². The van der Waals surface area contributed by atoms with Gasteiger partial charge in [0.25, 0.3) is 0 Å². The molecule has 1 unspecified atom stereocenters. The first-order valence-corrected chi connectivity index (χ1v) is 8.38. The van der Waals surface area contributed by atoms with E-state index >= 15 is 0 Å². The number of piperidine rings is 1. The number of nitrogens with one attached hydrogen (secondary N) is 1. The van der Waals surface area contributed by atoms with Crippen LogP contribution in [0.25, 0.3) is 0 Å². The van der Waals surface area contributed by atoms with E-state index in [-0.39, 0.29) is 10.5 Å². The minimum absolute atomic E-state index is 0.00450. The van der Waals surface area contributed by atoms with Gasteiger partial charge in [-0.25, -0.2) is 4.39 Å². The van der Waals surface area contributed by atoms with Crippen molar-refractivity contribution in [3.63, 3.8) is 0 Å². The molecule has 0 amide bonds. The third-order valence-corrected chi connectivity index (χ3v) is 5.48. The number of halogens is 2. The molecule has 4 nitrogen and oxygen atoms in total. The Bertz CT molecular complexity index is 565. The number of hydrogen-bond acceptors (Lipinski definition) is 2. The lowest BCUT2D eigenvalue weighted by Gasteiger charge is -2.32. The fourth-order valence-electron chi connectivity index (χ4n) is 2.20. The highest BCUT2D eigenvalue weighted by Gasteiger charge is 2.29. The Morgan fingerprint density at radius 3 is 2.79 bits per heavy atom. The number of rotatable bonds is 3. The molecule has 1 aliphatic rings. The predicted molar refractivity (Wildman–Crippen MR) is 76.7 cm³/mol. The van der Waals surface area contributed by atoms with Crippen molar-refractivity contribution in [3.05, 3.63) is 28.5 Å². The summed E-state index contributed by atoms with van der Waals surface area (Å²) in [6.45, 7) is 2.43. The Morgan fingerprint density at radius 1 is 1.42 bits per heavy atom. The summed E-state index contributed by atoms with van der Waals surface area (Å²) in [7, 11) is -3.58. The summed E-state index contributed by atoms with van der Waals surface area (Å²) in [5, 5.41) is 0. The van der Waals surface area contributed by atoms with Crippen molar-refractivity contribution in [1.29, 1.82) is 0 Å². The second-order valence-electron chi connectivity index (χ2n) is 4.69. The van der Waals surface area contributed by atoms with Crippen LogP contribution in [0.3, 0.4) is 0 Å². The third-order valence-electron chi connectivity index (χ3n) is 3.22. The first-order chi connectivity index (χ1) is 8.90. The topological polar surface area (TPSA) is 49.4 Å². The van der Waals surface area contributed by atoms with Gasteiger partial charge < -0.3 is 0 Å². The minimum Gasteiger partial charge on any atom is -0.271 e. The summed E-state index contributed by atoms with van der Waals surface area (Å²) in [6.07, 6.45) is 2.79. The molecule has 106 valence electrons. The van der Waals surface area contributed by atoms with E-state index in [4.69, 9.17) is 0 Å². The molecular formula is C12H16BrFN2O2S. The fourth-order valence-corrected chi connectivity index (χ4v) is 4.07. The van der Waals surface area contributed by atoms with Crippen LogP contribution in [-0.2, 0) is 10.2 Å². The van der Waals surface area contributed by atoms with Gasteiger partial charge in [-0.2, -0.15) is 12.7 Å². The van der Waals surface area contributed by atoms with Crippen LogP contribution in [0.2, 0.25) is 0 Å². The van der Waals surface area contributed by atoms with Crippen LogP contribution in [0.4, 0.5) is 10.1 Å². The van der Waals surface area contributed by atoms with E-state index in [0.717, 1.165) is 19.3 Å². The SMILES string of the molecule is CC1CCCCN1S(=O)(=O)Nc1ccc(F)c(Br)c1. The first-order valence-electron chi connectivity index (χ1n) is 6.15. The van der Waals surface area contributed by atoms with Crippen LogP contribution < -0.4 is 4.72 Å². The highest BCUT2D eigenvalue weighted by molar-refractivity contribution is 9.10. The Labute approximate surface area is 121 Å². The van der Waals surface area contributed by atoms with Gasteiger partial charge in [-0.05, 0) is 53.9 Å². The molecule has 1 atom stereocenters. The largest absolute Gasteiger partial charge is 0.301 e. The van der Waals surface area contributed by atoms with Gasteiger partial charge in [0.2, 0.25) is 0 Å². The van der Waals surface area contributed by atoms with Crippen LogP contribution >= 0.6 is 15.9 Å². The van der Waals surface area contributed by atoms with Gasteiger partial charge in [0, 0.05) is 12.6 Å². The van der Waals surface area contributed by atoms with Crippen molar-refractivity contribution in [1.82, 2.24) is 4.31 Å². The van der Waals surface area contributed by atoms with Gasteiger partial charge >= 0.3 is 10.2 Å². The molecule has 0 saturated carbocycles. The summed E-state index contributed by atoms with van der Waals surface area (Å²) in [5.41, 5.74) is 0.353. The van der Waals surface area contributed by atoms with Gasteiger partial charge in [0.05, 0.1) is 10.2 Å². The van der Waals surface area contributed by atoms with Crippen LogP contribution in [-0.4, -0.2) is 25.3 Å². The first kappa shape index (κ1) is 14.7. The zero-order chi connectivity index (χ0) is 14.0. The second kappa shape index (κ2) is 5.76. The van der Waals surface area contributed by atoms with E-state index < -0.39 is 16.0 Å². The molecule has 0 aromatic heterocycles. The van der Waals surface area contributed by atoms with E-state index in [1.54, 1.807) is 0 Å². The van der Waals surface area contributed by atoms with Crippen molar-refractivity contribution in [2.75, 3.05) is 11.3 Å². The summed E-state index contributed by atoms with van der Waals surface area (Å²) < 4.78 is 41.8. The van der Waals surface area contributed by atoms with Gasteiger partial charge in [-0.3, -0.25) is 4.72 Å². The Kier molecular flexibility index (Phi) is 4.47. The van der Waals surface area contributed by atoms with Gasteiger partial charge in [0.1, 0.15) is 5.82 Å². The molecule has 7 heteroatoms. The molecule has 1 aliphatic heterocycles. The molecule has 1 heterocycles. The molecule has 19 heavy (non-hydrogen) atoms. The number of anilines is 1. The van der Waals surface area contributed by atoms with E-state index in [1.807, 2.05) is 6.92 Å². The fraction of sp³-hybridized carbons (Fsp3) is 0.500. The van der Waals surface area contributed by atoms with Crippen molar-refractivity contribution >= 4 is 31.8 Å². The van der Waals surface area contributed by atoms with Crippen molar-refractivity contribution in [2.24, 2.45) is 0 Å². The maximum absolute atomic E-state index is 13.1. The smallest absolute Gasteiger partial charge is 0.271 e. The van der Waals surface area contributed by atoms with Crippen molar-refractivity contribution in [3.8, 4) is 0 Å². The minimum atomic E-state index is -3.58. The van der Waals surface area contributed by atoms with Crippen LogP contribution in [0.5, 0.6) is 0 Å². The standard InChI is InChI=1S/C12H16BrFN2O2S/c1-9-4-2-3-7-16(9)19(17,18)15-10-5-6-12(14)11(13)8-10/h5-6,8-9,15H,2-4,7H2,1H3. The molecule has 1 fully saturated rings. The van der Waals surface area contributed by atoms with E-state index in [1.165, 1.54) is 22.5 Å². The maximum atomic E-state index is 13.1. The molecule has 1 aromatic carbocycles. The van der Waals surface area contributed by atoms with Crippen LogP contribution in [0.1, 0.15) is 26.2 Å². The molecule has 0 spiro atoms. The normalized spacial score (nSPS) is 21.3. The predicted octanol–water partition coefficient (Wildman–Crippen LogP) is 3.12. The second-order valence-corrected chi connectivity index (χ2v) is 7.17. The number of nitrogens with zero attached hydrogens (tertiary/aromatic N) is 1. The summed E-state index contributed by atoms with van der Waals surface area (Å²) in [5.74, 6) is -0.422. The molecule has 1 N–H and O–H groups in total. The zero-order valence-electron chi connectivity index (χ0n) is 10.6. The lowest BCUT2D eigenvalue weighted by atomic mass is 10.1. The number of benzene rings is 1. The molecule has 0 bridgehead atoms. The van der Waals surface area contributed by atoms with E-state index in [9.17, 15) is 12.8 Å². The van der Waals surface area contributed by atoms with Gasteiger partial charge in [0.15, 0.2) is 0 Å². The van der Waals surface area contributed by atoms with Gasteiger partial charge in [-0.1, -0.05) is 6.42 Å². The summed E-state index contributed by atoms with van der Waals surface area (Å²) in [4.78, 5) is 0. The van der Waals surface area contributed by atoms with Crippen LogP contribution in [0.15, 0.2) is 22.7 Å². The number of hydrogen-bond donors (Lipinski definition) is 1. The maximum Gasteiger partial charge on any atom is 0.301 e.